The van der Waals surface area contributed by atoms with Crippen LogP contribution in [-0.4, -0.2) is 4.26 Å². The summed E-state index contributed by atoms with van der Waals surface area (Å²) in [7, 11) is 0. The van der Waals surface area contributed by atoms with Crippen molar-refractivity contribution in [3.8, 4) is 11.1 Å². The fourth-order valence-electron chi connectivity index (χ4n) is 7.20. The Kier molecular flexibility index (Phi) is 8.77. The summed E-state index contributed by atoms with van der Waals surface area (Å²) in [5.74, 6) is 0. The topological polar surface area (TPSA) is 0 Å². The summed E-state index contributed by atoms with van der Waals surface area (Å²) in [5.41, 5.74) is 8.90. The van der Waals surface area contributed by atoms with Gasteiger partial charge in [0.05, 0.1) is 0 Å². The molecule has 0 radical (unpaired) electrons. The van der Waals surface area contributed by atoms with E-state index in [1.54, 1.807) is 3.33 Å². The van der Waals surface area contributed by atoms with Crippen molar-refractivity contribution in [2.75, 3.05) is 0 Å². The monoisotopic (exact) mass is 728 g/mol. The molecule has 39 heavy (non-hydrogen) atoms. The fourth-order valence-corrected chi connectivity index (χ4v) is 32.8. The van der Waals surface area contributed by atoms with Crippen LogP contribution in [0.2, 0.25) is 3.67 Å². The number of fused-ring (bicyclic) bond motifs is 3. The first-order valence-electron chi connectivity index (χ1n) is 14.0. The molecule has 0 heterocycles. The molecule has 0 atom stereocenters. The standard InChI is InChI=1S/C21H25.C6H5.C5H5.C3H7.CH2.2ClH.Hf/c1-20(2,3)16-7-9-18-14(12-16)11-15-13-17(21(4,5)6)8-10-19(15)18;1-2-4-6-5-3-1;1-2-4-5-3-1;1-3-2;;;;/h7-13H,1-6H3;1-5H;1-3H,4H2;3H,1-2H3;1H2;2*1H;. The Morgan fingerprint density at radius 3 is 1.62 bits per heavy atom. The molecular weight excluding hydrogens is 682 g/mol. The van der Waals surface area contributed by atoms with E-state index in [9.17, 15) is 0 Å². The second-order valence-electron chi connectivity index (χ2n) is 14.0. The normalized spacial score (nSPS) is 15.4. The van der Waals surface area contributed by atoms with Crippen molar-refractivity contribution in [1.29, 1.82) is 0 Å². The van der Waals surface area contributed by atoms with Gasteiger partial charge in [-0.2, -0.15) is 0 Å². The number of allylic oxidation sites excluding steroid dienone is 4. The van der Waals surface area contributed by atoms with E-state index in [0.717, 1.165) is 6.42 Å². The third-order valence-corrected chi connectivity index (χ3v) is 39.0. The van der Waals surface area contributed by atoms with Crippen LogP contribution in [0.1, 0.15) is 87.7 Å². The predicted octanol–water partition coefficient (Wildman–Crippen LogP) is 10.3. The van der Waals surface area contributed by atoms with Crippen LogP contribution in [0.4, 0.5) is 0 Å². The summed E-state index contributed by atoms with van der Waals surface area (Å²) >= 11 is -4.48. The second kappa shape index (κ2) is 10.7. The van der Waals surface area contributed by atoms with Crippen molar-refractivity contribution in [1.82, 2.24) is 0 Å². The summed E-state index contributed by atoms with van der Waals surface area (Å²) in [6, 6.07) is 26.2. The van der Waals surface area contributed by atoms with E-state index in [4.69, 9.17) is 4.26 Å². The van der Waals surface area contributed by atoms with Gasteiger partial charge in [-0.15, -0.1) is 24.8 Å². The first kappa shape index (κ1) is 32.0. The van der Waals surface area contributed by atoms with Crippen molar-refractivity contribution >= 4 is 32.4 Å². The zero-order valence-electron chi connectivity index (χ0n) is 25.0. The number of hydrogen-bond acceptors (Lipinski definition) is 0. The molecule has 0 bridgehead atoms. The molecule has 0 unspecified atom stereocenters. The molecule has 3 heteroatoms. The zero-order chi connectivity index (χ0) is 26.8. The zero-order valence-corrected chi connectivity index (χ0v) is 30.2. The van der Waals surface area contributed by atoms with Gasteiger partial charge in [0.1, 0.15) is 0 Å². The summed E-state index contributed by atoms with van der Waals surface area (Å²) in [4.78, 5) is 0. The fraction of sp³-hybridized carbons (Fsp3) is 0.361. The molecule has 5 rings (SSSR count). The Balaban J connectivity index is 0.00000210. The second-order valence-corrected chi connectivity index (χ2v) is 36.3. The van der Waals surface area contributed by atoms with Crippen molar-refractivity contribution < 1.29 is 18.0 Å². The molecule has 0 aliphatic heterocycles. The van der Waals surface area contributed by atoms with E-state index >= 15 is 0 Å². The number of hydrogen-bond donors (Lipinski definition) is 0. The molecule has 2 aliphatic rings. The van der Waals surface area contributed by atoms with Gasteiger partial charge in [-0.1, -0.05) is 0 Å². The third-order valence-electron chi connectivity index (χ3n) is 9.71. The van der Waals surface area contributed by atoms with Gasteiger partial charge in [-0.05, 0) is 0 Å². The number of rotatable bonds is 4. The summed E-state index contributed by atoms with van der Waals surface area (Å²) in [5, 5.41) is 0. The Hall–Kier alpha value is -1.54. The van der Waals surface area contributed by atoms with E-state index < -0.39 is 18.0 Å². The molecule has 2 aliphatic carbocycles. The Morgan fingerprint density at radius 2 is 1.23 bits per heavy atom. The molecule has 0 N–H and O–H groups in total. The van der Waals surface area contributed by atoms with Gasteiger partial charge < -0.3 is 0 Å². The van der Waals surface area contributed by atoms with Gasteiger partial charge in [-0.25, -0.2) is 0 Å². The molecule has 0 saturated heterocycles. The summed E-state index contributed by atoms with van der Waals surface area (Å²) in [6.45, 7) is 19.0. The quantitative estimate of drug-likeness (QED) is 0.235. The van der Waals surface area contributed by atoms with Crippen molar-refractivity contribution in [2.45, 2.75) is 80.0 Å². The van der Waals surface area contributed by atoms with Crippen molar-refractivity contribution in [3.63, 3.8) is 0 Å². The summed E-state index contributed by atoms with van der Waals surface area (Å²) < 4.78 is 9.58. The van der Waals surface area contributed by atoms with Crippen LogP contribution < -0.4 is 3.32 Å². The average molecular weight is 728 g/mol. The average Bonchev–Trinajstić information content (AvgIpc) is 3.50. The van der Waals surface area contributed by atoms with E-state index in [1.165, 1.54) is 36.7 Å². The van der Waals surface area contributed by atoms with Gasteiger partial charge in [0, 0.05) is 0 Å². The van der Waals surface area contributed by atoms with Gasteiger partial charge in [0.2, 0.25) is 0 Å². The van der Waals surface area contributed by atoms with Crippen LogP contribution in [0.5, 0.6) is 0 Å². The maximum absolute atomic E-state index is 5.63. The van der Waals surface area contributed by atoms with Crippen LogP contribution in [0.3, 0.4) is 0 Å². The number of benzene rings is 3. The molecule has 0 spiro atoms. The maximum atomic E-state index is 5.63. The van der Waals surface area contributed by atoms with Gasteiger partial charge >= 0.3 is 227 Å². The Bertz CT molecular complexity index is 1430. The molecular formula is C36H46Cl2Hf. The van der Waals surface area contributed by atoms with E-state index in [1.807, 2.05) is 0 Å². The van der Waals surface area contributed by atoms with Crippen LogP contribution in [-0.2, 0) is 28.8 Å². The molecule has 208 valence electrons. The van der Waals surface area contributed by atoms with Crippen molar-refractivity contribution in [3.05, 3.63) is 111 Å². The molecule has 0 fully saturated rings. The molecule has 0 nitrogen and oxygen atoms in total. The van der Waals surface area contributed by atoms with Gasteiger partial charge in [0.15, 0.2) is 0 Å². The molecule has 0 amide bonds. The molecule has 0 aromatic heterocycles. The number of halogens is 2. The van der Waals surface area contributed by atoms with Crippen LogP contribution in [0, 0.1) is 0 Å². The van der Waals surface area contributed by atoms with E-state index in [-0.39, 0.29) is 35.6 Å². The van der Waals surface area contributed by atoms with Gasteiger partial charge in [-0.3, -0.25) is 0 Å². The minimum atomic E-state index is -4.48. The molecule has 0 saturated carbocycles. The van der Waals surface area contributed by atoms with Gasteiger partial charge in [0.25, 0.3) is 0 Å². The molecule has 3 aromatic rings. The SMILES string of the molecule is Cl.Cl.[CH2]=[Hf]([C]1=CC=CC1)([c]1ccccc1)([CH](C)C)[CH]1c2cc(C(C)(C)C)ccc2-c2ccc(C(C)(C)C)cc21. The van der Waals surface area contributed by atoms with Crippen LogP contribution in [0.15, 0.2) is 88.3 Å². The Morgan fingerprint density at radius 1 is 0.744 bits per heavy atom. The minimum absolute atomic E-state index is 0. The predicted molar refractivity (Wildman–Crippen MR) is 176 cm³/mol. The van der Waals surface area contributed by atoms with E-state index in [0.29, 0.717) is 7.35 Å². The summed E-state index contributed by atoms with van der Waals surface area (Å²) in [6.07, 6.45) is 8.13. The van der Waals surface area contributed by atoms with Crippen LogP contribution >= 0.6 is 24.8 Å². The first-order valence-corrected chi connectivity index (χ1v) is 24.3. The molecule has 3 aromatic carbocycles. The van der Waals surface area contributed by atoms with E-state index in [2.05, 4.69) is 140 Å². The third kappa shape index (κ3) is 4.75. The first-order chi connectivity index (χ1) is 17.3. The van der Waals surface area contributed by atoms with Crippen LogP contribution in [0.25, 0.3) is 11.1 Å². The van der Waals surface area contributed by atoms with Crippen molar-refractivity contribution in [2.24, 2.45) is 0 Å². The Labute approximate surface area is 250 Å².